The van der Waals surface area contributed by atoms with Gasteiger partial charge in [-0.25, -0.2) is 0 Å². The van der Waals surface area contributed by atoms with Crippen LogP contribution in [0, 0.1) is 0 Å². The zero-order chi connectivity index (χ0) is 8.53. The lowest BCUT2D eigenvalue weighted by Crippen LogP contribution is -2.03. The van der Waals surface area contributed by atoms with Crippen molar-refractivity contribution in [3.05, 3.63) is 24.8 Å². The number of hydrogen-bond donors (Lipinski definition) is 2. The monoisotopic (exact) mass is 156 g/mol. The van der Waals surface area contributed by atoms with Crippen LogP contribution in [0.4, 0.5) is 0 Å². The molecule has 0 saturated heterocycles. The highest BCUT2D eigenvalue weighted by molar-refractivity contribution is 4.84. The molecule has 0 heterocycles. The van der Waals surface area contributed by atoms with Crippen molar-refractivity contribution in [1.29, 1.82) is 0 Å². The highest BCUT2D eigenvalue weighted by Crippen LogP contribution is 2.02. The van der Waals surface area contributed by atoms with Gasteiger partial charge < -0.3 is 10.2 Å². The molecule has 0 fully saturated rings. The van der Waals surface area contributed by atoms with Crippen molar-refractivity contribution in [1.82, 2.24) is 0 Å². The first-order valence-electron chi connectivity index (χ1n) is 3.86. The Morgan fingerprint density at radius 3 is 2.64 bits per heavy atom. The van der Waals surface area contributed by atoms with Crippen LogP contribution in [0.15, 0.2) is 24.8 Å². The summed E-state index contributed by atoms with van der Waals surface area (Å²) in [5.74, 6) is 0. The molecule has 2 N–H and O–H groups in total. The summed E-state index contributed by atoms with van der Waals surface area (Å²) in [7, 11) is 0. The lowest BCUT2D eigenvalue weighted by Gasteiger charge is -2.04. The molecule has 0 saturated carbocycles. The van der Waals surface area contributed by atoms with Crippen molar-refractivity contribution in [3.63, 3.8) is 0 Å². The number of hydrogen-bond acceptors (Lipinski definition) is 2. The van der Waals surface area contributed by atoms with Crippen LogP contribution in [0.1, 0.15) is 19.3 Å². The molecule has 0 radical (unpaired) electrons. The lowest BCUT2D eigenvalue weighted by atomic mass is 10.1. The normalized spacial score (nSPS) is 13.6. The predicted octanol–water partition coefficient (Wildman–Crippen LogP) is 1.25. The Morgan fingerprint density at radius 2 is 2.09 bits per heavy atom. The van der Waals surface area contributed by atoms with Gasteiger partial charge in [-0.2, -0.15) is 0 Å². The van der Waals surface area contributed by atoms with E-state index in [1.165, 1.54) is 0 Å². The SMILES string of the molecule is C=CCC[C@@H](O)C/C=C\CO. The molecule has 0 rings (SSSR count). The summed E-state index contributed by atoms with van der Waals surface area (Å²) in [6.07, 6.45) is 7.13. The summed E-state index contributed by atoms with van der Waals surface area (Å²) in [5.41, 5.74) is 0. The van der Waals surface area contributed by atoms with E-state index in [0.717, 1.165) is 12.8 Å². The zero-order valence-electron chi connectivity index (χ0n) is 6.74. The predicted molar refractivity (Wildman–Crippen MR) is 46.3 cm³/mol. The van der Waals surface area contributed by atoms with Crippen LogP contribution in [0.2, 0.25) is 0 Å². The van der Waals surface area contributed by atoms with Gasteiger partial charge in [0.15, 0.2) is 0 Å². The average Bonchev–Trinajstić information content (AvgIpc) is 2.01. The fourth-order valence-corrected chi connectivity index (χ4v) is 0.756. The Morgan fingerprint density at radius 1 is 1.36 bits per heavy atom. The van der Waals surface area contributed by atoms with Gasteiger partial charge in [0.2, 0.25) is 0 Å². The minimum absolute atomic E-state index is 0.0498. The van der Waals surface area contributed by atoms with E-state index < -0.39 is 0 Å². The third-order valence-electron chi connectivity index (χ3n) is 1.38. The highest BCUT2D eigenvalue weighted by Gasteiger charge is 1.97. The molecular weight excluding hydrogens is 140 g/mol. The number of aliphatic hydroxyl groups excluding tert-OH is 2. The molecule has 1 atom stereocenters. The zero-order valence-corrected chi connectivity index (χ0v) is 6.74. The van der Waals surface area contributed by atoms with Gasteiger partial charge in [-0.3, -0.25) is 0 Å². The van der Waals surface area contributed by atoms with Crippen molar-refractivity contribution < 1.29 is 10.2 Å². The van der Waals surface area contributed by atoms with Crippen molar-refractivity contribution in [3.8, 4) is 0 Å². The van der Waals surface area contributed by atoms with Crippen molar-refractivity contribution in [2.45, 2.75) is 25.4 Å². The van der Waals surface area contributed by atoms with Crippen molar-refractivity contribution in [2.24, 2.45) is 0 Å². The van der Waals surface area contributed by atoms with Crippen molar-refractivity contribution in [2.75, 3.05) is 6.61 Å². The minimum atomic E-state index is -0.296. The Balaban J connectivity index is 3.28. The van der Waals surface area contributed by atoms with E-state index in [1.807, 2.05) is 0 Å². The van der Waals surface area contributed by atoms with Crippen LogP contribution >= 0.6 is 0 Å². The Labute approximate surface area is 67.9 Å². The topological polar surface area (TPSA) is 40.5 Å². The number of allylic oxidation sites excluding steroid dienone is 1. The summed E-state index contributed by atoms with van der Waals surface area (Å²) < 4.78 is 0. The number of aliphatic hydroxyl groups is 2. The fraction of sp³-hybridized carbons (Fsp3) is 0.556. The lowest BCUT2D eigenvalue weighted by molar-refractivity contribution is 0.169. The molecule has 0 aliphatic heterocycles. The van der Waals surface area contributed by atoms with Crippen LogP contribution in [0.3, 0.4) is 0 Å². The molecule has 0 aromatic heterocycles. The minimum Gasteiger partial charge on any atom is -0.393 e. The van der Waals surface area contributed by atoms with Gasteiger partial charge in [-0.1, -0.05) is 18.2 Å². The molecule has 0 aromatic rings. The molecule has 0 bridgehead atoms. The van der Waals surface area contributed by atoms with Crippen LogP contribution < -0.4 is 0 Å². The average molecular weight is 156 g/mol. The van der Waals surface area contributed by atoms with E-state index in [2.05, 4.69) is 6.58 Å². The van der Waals surface area contributed by atoms with Crippen LogP contribution in [-0.4, -0.2) is 22.9 Å². The first-order chi connectivity index (χ1) is 5.31. The molecule has 0 aliphatic rings. The molecule has 0 unspecified atom stereocenters. The first-order valence-corrected chi connectivity index (χ1v) is 3.86. The van der Waals surface area contributed by atoms with Gasteiger partial charge in [0.25, 0.3) is 0 Å². The van der Waals surface area contributed by atoms with E-state index in [9.17, 15) is 5.11 Å². The Bertz CT molecular complexity index is 119. The van der Waals surface area contributed by atoms with Gasteiger partial charge in [-0.05, 0) is 19.3 Å². The van der Waals surface area contributed by atoms with Gasteiger partial charge in [0.05, 0.1) is 12.7 Å². The summed E-state index contributed by atoms with van der Waals surface area (Å²) >= 11 is 0. The van der Waals surface area contributed by atoms with Crippen LogP contribution in [0.5, 0.6) is 0 Å². The third kappa shape index (κ3) is 7.30. The van der Waals surface area contributed by atoms with E-state index in [1.54, 1.807) is 18.2 Å². The van der Waals surface area contributed by atoms with E-state index in [-0.39, 0.29) is 12.7 Å². The maximum absolute atomic E-state index is 9.23. The smallest absolute Gasteiger partial charge is 0.0612 e. The van der Waals surface area contributed by atoms with Gasteiger partial charge in [0, 0.05) is 0 Å². The Hall–Kier alpha value is -0.600. The maximum Gasteiger partial charge on any atom is 0.0612 e. The molecule has 2 nitrogen and oxygen atoms in total. The highest BCUT2D eigenvalue weighted by atomic mass is 16.3. The third-order valence-corrected chi connectivity index (χ3v) is 1.38. The largest absolute Gasteiger partial charge is 0.393 e. The van der Waals surface area contributed by atoms with E-state index >= 15 is 0 Å². The van der Waals surface area contributed by atoms with Gasteiger partial charge >= 0.3 is 0 Å². The number of rotatable bonds is 6. The first kappa shape index (κ1) is 10.4. The molecule has 2 heteroatoms. The molecule has 0 amide bonds. The molecule has 64 valence electrons. The Kier molecular flexibility index (Phi) is 7.10. The molecule has 11 heavy (non-hydrogen) atoms. The second kappa shape index (κ2) is 7.51. The summed E-state index contributed by atoms with van der Waals surface area (Å²) in [6.45, 7) is 3.61. The maximum atomic E-state index is 9.23. The molecular formula is C9H16O2. The van der Waals surface area contributed by atoms with Gasteiger partial charge in [0.1, 0.15) is 0 Å². The summed E-state index contributed by atoms with van der Waals surface area (Å²) in [4.78, 5) is 0. The quantitative estimate of drug-likeness (QED) is 0.568. The standard InChI is InChI=1S/C9H16O2/c1-2-3-6-9(11)7-4-5-8-10/h2,4-5,9-11H,1,3,6-8H2/b5-4-/t9-/m1/s1. The summed E-state index contributed by atoms with van der Waals surface area (Å²) in [5, 5.41) is 17.6. The van der Waals surface area contributed by atoms with E-state index in [4.69, 9.17) is 5.11 Å². The van der Waals surface area contributed by atoms with Gasteiger partial charge in [-0.15, -0.1) is 6.58 Å². The summed E-state index contributed by atoms with van der Waals surface area (Å²) in [6, 6.07) is 0. The fourth-order valence-electron chi connectivity index (χ4n) is 0.756. The second-order valence-electron chi connectivity index (χ2n) is 2.41. The van der Waals surface area contributed by atoms with Crippen LogP contribution in [-0.2, 0) is 0 Å². The van der Waals surface area contributed by atoms with Crippen LogP contribution in [0.25, 0.3) is 0 Å². The molecule has 0 spiro atoms. The van der Waals surface area contributed by atoms with Crippen molar-refractivity contribution >= 4 is 0 Å². The van der Waals surface area contributed by atoms with E-state index in [0.29, 0.717) is 6.42 Å². The molecule has 0 aliphatic carbocycles. The second-order valence-corrected chi connectivity index (χ2v) is 2.41. The molecule has 0 aromatic carbocycles.